The number of ketones is 1. The molecule has 0 bridgehead atoms. The molecule has 1 atom stereocenters. The van der Waals surface area contributed by atoms with Gasteiger partial charge in [0.25, 0.3) is 6.43 Å². The third-order valence-electron chi connectivity index (χ3n) is 5.19. The van der Waals surface area contributed by atoms with Gasteiger partial charge in [-0.2, -0.15) is 0 Å². The number of aromatic nitrogens is 4. The van der Waals surface area contributed by atoms with Crippen molar-refractivity contribution in [1.29, 1.82) is 0 Å². The van der Waals surface area contributed by atoms with Crippen LogP contribution in [0.4, 0.5) is 8.78 Å². The van der Waals surface area contributed by atoms with Crippen molar-refractivity contribution in [3.8, 4) is 5.75 Å². The monoisotopic (exact) mass is 511 g/mol. The molecular formula is C20H19F2N5O5S2. The zero-order chi connectivity index (χ0) is 24.5. The van der Waals surface area contributed by atoms with Crippen LogP contribution in [0.5, 0.6) is 5.75 Å². The molecule has 0 aromatic carbocycles. The highest BCUT2D eigenvalue weighted by atomic mass is 32.2. The molecule has 2 N–H and O–H groups in total. The van der Waals surface area contributed by atoms with Crippen LogP contribution in [0.2, 0.25) is 0 Å². The van der Waals surface area contributed by atoms with Gasteiger partial charge in [0.15, 0.2) is 17.3 Å². The molecule has 0 saturated carbocycles. The number of nitrogens with zero attached hydrogens (tertiary/aromatic N) is 5. The van der Waals surface area contributed by atoms with Crippen molar-refractivity contribution >= 4 is 45.8 Å². The lowest BCUT2D eigenvalue weighted by Crippen LogP contribution is -2.35. The number of amides is 1. The Morgan fingerprint density at radius 1 is 1.32 bits per heavy atom. The fourth-order valence-electron chi connectivity index (χ4n) is 3.41. The van der Waals surface area contributed by atoms with Crippen LogP contribution in [0.15, 0.2) is 23.5 Å². The molecule has 0 aliphatic carbocycles. The zero-order valence-corrected chi connectivity index (χ0v) is 19.4. The number of methoxy groups -OCH3 is 1. The lowest BCUT2D eigenvalue weighted by atomic mass is 10.1. The minimum Gasteiger partial charge on any atom is -0.495 e. The van der Waals surface area contributed by atoms with Gasteiger partial charge in [-0.15, -0.1) is 11.3 Å². The number of aliphatic hydroxyl groups excluding tert-OH is 1. The Labute approximate surface area is 200 Å². The maximum atomic E-state index is 13.2. The van der Waals surface area contributed by atoms with Crippen LogP contribution in [0.3, 0.4) is 0 Å². The van der Waals surface area contributed by atoms with E-state index in [1.54, 1.807) is 6.07 Å². The molecule has 0 spiro atoms. The Kier molecular flexibility index (Phi) is 7.02. The van der Waals surface area contributed by atoms with Crippen LogP contribution in [-0.4, -0.2) is 79.3 Å². The third kappa shape index (κ3) is 4.85. The predicted molar refractivity (Wildman–Crippen MR) is 118 cm³/mol. The first-order chi connectivity index (χ1) is 16.2. The molecule has 10 nitrogen and oxygen atoms in total. The number of hydrogen-bond acceptors (Lipinski definition) is 11. The number of thioether (sulfide) groups is 1. The molecular weight excluding hydrogens is 492 g/mol. The zero-order valence-electron chi connectivity index (χ0n) is 17.8. The maximum Gasteiger partial charge on any atom is 0.297 e. The molecule has 1 fully saturated rings. The number of carbonyl (C=O) groups excluding carboxylic acids is 2. The molecule has 3 aromatic rings. The van der Waals surface area contributed by atoms with Crippen molar-refractivity contribution in [2.75, 3.05) is 32.6 Å². The van der Waals surface area contributed by atoms with E-state index < -0.39 is 30.4 Å². The smallest absolute Gasteiger partial charge is 0.297 e. The average molecular weight is 512 g/mol. The molecule has 4 heterocycles. The van der Waals surface area contributed by atoms with E-state index in [0.717, 1.165) is 23.1 Å². The Bertz CT molecular complexity index is 1240. The van der Waals surface area contributed by atoms with Crippen molar-refractivity contribution < 1.29 is 33.3 Å². The second kappa shape index (κ2) is 9.82. The fraction of sp³-hybridized carbons (Fsp3) is 0.400. The topological polar surface area (TPSA) is 139 Å². The Hall–Kier alpha value is -2.81. The summed E-state index contributed by atoms with van der Waals surface area (Å²) >= 11 is 1.96. The standard InChI is InChI=1S/C20H19F2N5O5S2/c1-32-10-4-11-16(23-5-10)25-17(15(21)22)26-18(11)33-8-12(29)13-6-24-19(34-13)20(31)2-3-27(9-20)14(30)7-28/h4-6,15,28,31H,2-3,7-9H2,1H3. The molecule has 1 amide bonds. The van der Waals surface area contributed by atoms with Crippen molar-refractivity contribution in [1.82, 2.24) is 24.8 Å². The van der Waals surface area contributed by atoms with E-state index in [0.29, 0.717) is 11.1 Å². The van der Waals surface area contributed by atoms with Crippen molar-refractivity contribution in [2.45, 2.75) is 23.5 Å². The van der Waals surface area contributed by atoms with Crippen molar-refractivity contribution in [3.05, 3.63) is 34.2 Å². The van der Waals surface area contributed by atoms with Gasteiger partial charge in [0.05, 0.1) is 35.9 Å². The number of fused-ring (bicyclic) bond motifs is 1. The van der Waals surface area contributed by atoms with E-state index in [2.05, 4.69) is 19.9 Å². The van der Waals surface area contributed by atoms with Gasteiger partial charge in [0.2, 0.25) is 5.91 Å². The summed E-state index contributed by atoms with van der Waals surface area (Å²) in [5, 5.41) is 20.7. The second-order valence-electron chi connectivity index (χ2n) is 7.43. The fourth-order valence-corrected chi connectivity index (χ4v) is 5.35. The largest absolute Gasteiger partial charge is 0.495 e. The summed E-state index contributed by atoms with van der Waals surface area (Å²) in [6.45, 7) is -0.416. The number of aliphatic hydroxyl groups is 2. The van der Waals surface area contributed by atoms with E-state index in [1.807, 2.05) is 0 Å². The van der Waals surface area contributed by atoms with Crippen LogP contribution in [-0.2, 0) is 10.4 Å². The van der Waals surface area contributed by atoms with Gasteiger partial charge in [0.1, 0.15) is 28.0 Å². The number of likely N-dealkylation sites (tertiary alicyclic amines) is 1. The van der Waals surface area contributed by atoms with Crippen LogP contribution in [0.25, 0.3) is 11.0 Å². The number of alkyl halides is 2. The van der Waals surface area contributed by atoms with Crippen LogP contribution in [0, 0.1) is 0 Å². The van der Waals surface area contributed by atoms with Gasteiger partial charge in [-0.25, -0.2) is 28.7 Å². The Morgan fingerprint density at radius 2 is 2.12 bits per heavy atom. The van der Waals surface area contributed by atoms with E-state index in [-0.39, 0.29) is 51.6 Å². The quantitative estimate of drug-likeness (QED) is 0.262. The molecule has 1 unspecified atom stereocenters. The first kappa shape index (κ1) is 24.3. The summed E-state index contributed by atoms with van der Waals surface area (Å²) in [4.78, 5) is 41.9. The number of hydrogen-bond donors (Lipinski definition) is 2. The average Bonchev–Trinajstić information content (AvgIpc) is 3.49. The van der Waals surface area contributed by atoms with Gasteiger partial charge in [-0.1, -0.05) is 11.8 Å². The SMILES string of the molecule is COc1cnc2nc(C(F)F)nc(SCC(=O)c3cnc(C4(O)CCN(C(=O)CO)C4)s3)c2c1. The highest BCUT2D eigenvalue weighted by molar-refractivity contribution is 8.00. The Balaban J connectivity index is 1.51. The molecule has 0 radical (unpaired) electrons. The first-order valence-electron chi connectivity index (χ1n) is 9.97. The predicted octanol–water partition coefficient (Wildman–Crippen LogP) is 1.81. The number of Topliss-reactive ketones (excluding diaryl/α,β-unsaturated/α-hetero) is 1. The number of pyridine rings is 1. The highest BCUT2D eigenvalue weighted by Crippen LogP contribution is 2.35. The summed E-state index contributed by atoms with van der Waals surface area (Å²) in [6, 6.07) is 1.56. The number of thiazole rings is 1. The highest BCUT2D eigenvalue weighted by Gasteiger charge is 2.42. The summed E-state index contributed by atoms with van der Waals surface area (Å²) in [5.74, 6) is -1.25. The second-order valence-corrected chi connectivity index (χ2v) is 9.43. The third-order valence-corrected chi connectivity index (χ3v) is 7.42. The van der Waals surface area contributed by atoms with E-state index in [1.165, 1.54) is 24.4 Å². The van der Waals surface area contributed by atoms with Crippen LogP contribution >= 0.6 is 23.1 Å². The maximum absolute atomic E-state index is 13.2. The summed E-state index contributed by atoms with van der Waals surface area (Å²) < 4.78 is 31.6. The van der Waals surface area contributed by atoms with Crippen molar-refractivity contribution in [3.63, 3.8) is 0 Å². The Morgan fingerprint density at radius 3 is 2.82 bits per heavy atom. The number of ether oxygens (including phenoxy) is 1. The minimum atomic E-state index is -2.91. The summed E-state index contributed by atoms with van der Waals surface area (Å²) in [6.07, 6.45) is 0.0144. The van der Waals surface area contributed by atoms with E-state index >= 15 is 0 Å². The molecule has 1 saturated heterocycles. The first-order valence-corrected chi connectivity index (χ1v) is 11.8. The lowest BCUT2D eigenvalue weighted by Gasteiger charge is -2.20. The van der Waals surface area contributed by atoms with Gasteiger partial charge >= 0.3 is 0 Å². The molecule has 14 heteroatoms. The number of rotatable bonds is 8. The van der Waals surface area contributed by atoms with E-state index in [4.69, 9.17) is 9.84 Å². The summed E-state index contributed by atoms with van der Waals surface area (Å²) in [5.41, 5.74) is -1.34. The number of halogens is 2. The molecule has 3 aromatic heterocycles. The lowest BCUT2D eigenvalue weighted by molar-refractivity contribution is -0.134. The summed E-state index contributed by atoms with van der Waals surface area (Å²) in [7, 11) is 1.44. The molecule has 4 rings (SSSR count). The normalized spacial score (nSPS) is 18.1. The molecule has 1 aliphatic rings. The van der Waals surface area contributed by atoms with Crippen molar-refractivity contribution in [2.24, 2.45) is 0 Å². The molecule has 180 valence electrons. The van der Waals surface area contributed by atoms with Crippen LogP contribution < -0.4 is 4.74 Å². The van der Waals surface area contributed by atoms with Crippen LogP contribution in [0.1, 0.15) is 33.3 Å². The molecule has 1 aliphatic heterocycles. The molecule has 34 heavy (non-hydrogen) atoms. The number of β-amino-alcohol motifs (C(OH)–C–C–N with tert-alkyl or cyclic N) is 1. The van der Waals surface area contributed by atoms with Gasteiger partial charge in [0, 0.05) is 19.2 Å². The van der Waals surface area contributed by atoms with Gasteiger partial charge < -0.3 is 19.8 Å². The van der Waals surface area contributed by atoms with Gasteiger partial charge in [-0.05, 0) is 6.07 Å². The minimum absolute atomic E-state index is 0.0273. The van der Waals surface area contributed by atoms with E-state index in [9.17, 15) is 23.5 Å². The van der Waals surface area contributed by atoms with Gasteiger partial charge in [-0.3, -0.25) is 9.59 Å². The number of carbonyl (C=O) groups is 2.